The molecule has 2 aromatic rings. The van der Waals surface area contributed by atoms with E-state index in [9.17, 15) is 0 Å². The molecule has 0 fully saturated rings. The Morgan fingerprint density at radius 3 is 2.76 bits per heavy atom. The third-order valence-electron chi connectivity index (χ3n) is 2.91. The summed E-state index contributed by atoms with van der Waals surface area (Å²) in [6.45, 7) is 3.83. The summed E-state index contributed by atoms with van der Waals surface area (Å²) in [6, 6.07) is 1.79. The Morgan fingerprint density at radius 1 is 1.12 bits per heavy atom. The summed E-state index contributed by atoms with van der Waals surface area (Å²) < 4.78 is 0. The minimum Gasteiger partial charge on any atom is -0.311 e. The number of nitrogens with zero attached hydrogens (tertiary/aromatic N) is 4. The van der Waals surface area contributed by atoms with Gasteiger partial charge < -0.3 is 5.32 Å². The maximum absolute atomic E-state index is 4.55. The smallest absolute Gasteiger partial charge is 0.198 e. The van der Waals surface area contributed by atoms with E-state index in [1.807, 2.05) is 6.92 Å². The fourth-order valence-corrected chi connectivity index (χ4v) is 2.06. The highest BCUT2D eigenvalue weighted by atomic mass is 15.0. The Bertz CT molecular complexity index is 538. The number of rotatable bonds is 1. The van der Waals surface area contributed by atoms with Crippen LogP contribution in [0.15, 0.2) is 18.5 Å². The molecule has 0 saturated heterocycles. The van der Waals surface area contributed by atoms with Gasteiger partial charge in [-0.05, 0) is 31.5 Å². The predicted molar refractivity (Wildman–Crippen MR) is 63.2 cm³/mol. The molecule has 3 heterocycles. The summed E-state index contributed by atoms with van der Waals surface area (Å²) in [6.07, 6.45) is 4.41. The van der Waals surface area contributed by atoms with Gasteiger partial charge in [-0.1, -0.05) is 0 Å². The maximum atomic E-state index is 4.55. The van der Waals surface area contributed by atoms with E-state index in [-0.39, 0.29) is 0 Å². The van der Waals surface area contributed by atoms with Gasteiger partial charge in [-0.3, -0.25) is 0 Å². The van der Waals surface area contributed by atoms with Crippen molar-refractivity contribution in [2.24, 2.45) is 0 Å². The molecule has 0 spiro atoms. The molecule has 0 saturated carbocycles. The summed E-state index contributed by atoms with van der Waals surface area (Å²) in [5, 5.41) is 3.32. The zero-order chi connectivity index (χ0) is 11.7. The quantitative estimate of drug-likeness (QED) is 0.783. The SMILES string of the molecule is Cc1nc(-c2ncccn2)nc2c1CCNC2. The van der Waals surface area contributed by atoms with Crippen LogP contribution in [-0.4, -0.2) is 26.5 Å². The lowest BCUT2D eigenvalue weighted by Gasteiger charge is -2.18. The highest BCUT2D eigenvalue weighted by Gasteiger charge is 2.16. The van der Waals surface area contributed by atoms with Crippen LogP contribution < -0.4 is 5.32 Å². The minimum absolute atomic E-state index is 0.587. The number of aryl methyl sites for hydroxylation is 1. The van der Waals surface area contributed by atoms with Crippen molar-refractivity contribution >= 4 is 0 Å². The number of hydrogen-bond acceptors (Lipinski definition) is 5. The van der Waals surface area contributed by atoms with E-state index in [2.05, 4.69) is 25.3 Å². The summed E-state index contributed by atoms with van der Waals surface area (Å²) in [5.41, 5.74) is 3.38. The normalized spacial score (nSPS) is 14.4. The molecule has 86 valence electrons. The van der Waals surface area contributed by atoms with Gasteiger partial charge in [-0.25, -0.2) is 19.9 Å². The minimum atomic E-state index is 0.587. The lowest BCUT2D eigenvalue weighted by Crippen LogP contribution is -2.26. The molecule has 17 heavy (non-hydrogen) atoms. The highest BCUT2D eigenvalue weighted by molar-refractivity contribution is 5.45. The van der Waals surface area contributed by atoms with E-state index >= 15 is 0 Å². The fourth-order valence-electron chi connectivity index (χ4n) is 2.06. The van der Waals surface area contributed by atoms with Crippen molar-refractivity contribution in [2.75, 3.05) is 6.54 Å². The molecular weight excluding hydrogens is 214 g/mol. The van der Waals surface area contributed by atoms with E-state index in [0.29, 0.717) is 11.6 Å². The first kappa shape index (κ1) is 10.3. The van der Waals surface area contributed by atoms with Gasteiger partial charge >= 0.3 is 0 Å². The molecule has 1 N–H and O–H groups in total. The second kappa shape index (κ2) is 4.18. The van der Waals surface area contributed by atoms with E-state index in [1.165, 1.54) is 5.56 Å². The molecule has 1 aliphatic heterocycles. The molecule has 0 radical (unpaired) electrons. The first-order valence-electron chi connectivity index (χ1n) is 5.69. The Hall–Kier alpha value is -1.88. The van der Waals surface area contributed by atoms with Crippen molar-refractivity contribution in [1.29, 1.82) is 0 Å². The summed E-state index contributed by atoms with van der Waals surface area (Å²) in [7, 11) is 0. The number of aromatic nitrogens is 4. The lowest BCUT2D eigenvalue weighted by molar-refractivity contribution is 0.619. The Kier molecular flexibility index (Phi) is 2.53. The largest absolute Gasteiger partial charge is 0.311 e. The first-order chi connectivity index (χ1) is 8.34. The summed E-state index contributed by atoms with van der Waals surface area (Å²) in [4.78, 5) is 17.4. The second-order valence-corrected chi connectivity index (χ2v) is 4.06. The molecule has 0 amide bonds. The summed E-state index contributed by atoms with van der Waals surface area (Å²) >= 11 is 0. The van der Waals surface area contributed by atoms with Crippen LogP contribution in [0.3, 0.4) is 0 Å². The van der Waals surface area contributed by atoms with Crippen molar-refractivity contribution in [1.82, 2.24) is 25.3 Å². The van der Waals surface area contributed by atoms with Crippen LogP contribution in [0.5, 0.6) is 0 Å². The topological polar surface area (TPSA) is 63.6 Å². The van der Waals surface area contributed by atoms with Crippen LogP contribution in [0, 0.1) is 6.92 Å². The summed E-state index contributed by atoms with van der Waals surface area (Å²) in [5.74, 6) is 1.20. The van der Waals surface area contributed by atoms with Crippen LogP contribution in [0.4, 0.5) is 0 Å². The molecule has 0 aromatic carbocycles. The number of hydrogen-bond donors (Lipinski definition) is 1. The van der Waals surface area contributed by atoms with E-state index in [1.54, 1.807) is 18.5 Å². The highest BCUT2D eigenvalue weighted by Crippen LogP contribution is 2.18. The monoisotopic (exact) mass is 227 g/mol. The van der Waals surface area contributed by atoms with Gasteiger partial charge in [-0.15, -0.1) is 0 Å². The van der Waals surface area contributed by atoms with E-state index in [4.69, 9.17) is 0 Å². The molecule has 0 aliphatic carbocycles. The predicted octanol–water partition coefficient (Wildman–Crippen LogP) is 0.888. The van der Waals surface area contributed by atoms with Gasteiger partial charge in [0, 0.05) is 24.6 Å². The van der Waals surface area contributed by atoms with Gasteiger partial charge in [0.1, 0.15) is 0 Å². The molecular formula is C12H13N5. The molecule has 3 rings (SSSR count). The third kappa shape index (κ3) is 1.89. The molecule has 0 atom stereocenters. The average molecular weight is 227 g/mol. The Labute approximate surface area is 99.4 Å². The zero-order valence-corrected chi connectivity index (χ0v) is 9.64. The van der Waals surface area contributed by atoms with Crippen molar-refractivity contribution in [3.05, 3.63) is 35.4 Å². The maximum Gasteiger partial charge on any atom is 0.198 e. The Balaban J connectivity index is 2.11. The van der Waals surface area contributed by atoms with Crippen LogP contribution in [0.2, 0.25) is 0 Å². The molecule has 0 unspecified atom stereocenters. The lowest BCUT2D eigenvalue weighted by atomic mass is 10.1. The number of fused-ring (bicyclic) bond motifs is 1. The van der Waals surface area contributed by atoms with Gasteiger partial charge in [0.2, 0.25) is 0 Å². The van der Waals surface area contributed by atoms with Crippen LogP contribution in [0.25, 0.3) is 11.6 Å². The van der Waals surface area contributed by atoms with Crippen molar-refractivity contribution in [2.45, 2.75) is 19.9 Å². The van der Waals surface area contributed by atoms with Gasteiger partial charge in [0.15, 0.2) is 11.6 Å². The van der Waals surface area contributed by atoms with Crippen LogP contribution in [0.1, 0.15) is 17.0 Å². The van der Waals surface area contributed by atoms with Crippen LogP contribution >= 0.6 is 0 Å². The van der Waals surface area contributed by atoms with E-state index < -0.39 is 0 Å². The van der Waals surface area contributed by atoms with Gasteiger partial charge in [0.05, 0.1) is 5.69 Å². The third-order valence-corrected chi connectivity index (χ3v) is 2.91. The van der Waals surface area contributed by atoms with Crippen molar-refractivity contribution in [3.63, 3.8) is 0 Å². The molecule has 5 nitrogen and oxygen atoms in total. The molecule has 0 bridgehead atoms. The molecule has 1 aliphatic rings. The standard InChI is InChI=1S/C12H13N5/c1-8-9-3-6-13-7-10(9)17-12(16-8)11-14-4-2-5-15-11/h2,4-5,13H,3,6-7H2,1H3. The first-order valence-corrected chi connectivity index (χ1v) is 5.69. The van der Waals surface area contributed by atoms with E-state index in [0.717, 1.165) is 30.9 Å². The van der Waals surface area contributed by atoms with Crippen molar-refractivity contribution in [3.8, 4) is 11.6 Å². The average Bonchev–Trinajstić information content (AvgIpc) is 2.40. The molecule has 2 aromatic heterocycles. The van der Waals surface area contributed by atoms with Gasteiger partial charge in [-0.2, -0.15) is 0 Å². The van der Waals surface area contributed by atoms with Gasteiger partial charge in [0.25, 0.3) is 0 Å². The fraction of sp³-hybridized carbons (Fsp3) is 0.333. The Morgan fingerprint density at radius 2 is 1.94 bits per heavy atom. The molecule has 5 heteroatoms. The van der Waals surface area contributed by atoms with Crippen LogP contribution in [-0.2, 0) is 13.0 Å². The second-order valence-electron chi connectivity index (χ2n) is 4.06. The van der Waals surface area contributed by atoms with Crippen molar-refractivity contribution < 1.29 is 0 Å². The zero-order valence-electron chi connectivity index (χ0n) is 9.64. The number of nitrogens with one attached hydrogen (secondary N) is 1.